The Morgan fingerprint density at radius 3 is 3.05 bits per heavy atom. The van der Waals surface area contributed by atoms with Crippen molar-refractivity contribution < 1.29 is 9.13 Å². The molecule has 1 aromatic rings. The van der Waals surface area contributed by atoms with Crippen molar-refractivity contribution in [2.45, 2.75) is 44.8 Å². The van der Waals surface area contributed by atoms with E-state index < -0.39 is 0 Å². The molecule has 1 N–H and O–H groups in total. The van der Waals surface area contributed by atoms with Gasteiger partial charge in [-0.2, -0.15) is 11.8 Å². The lowest BCUT2D eigenvalue weighted by atomic mass is 9.94. The van der Waals surface area contributed by atoms with Crippen LogP contribution in [0.1, 0.15) is 44.2 Å². The van der Waals surface area contributed by atoms with E-state index in [4.69, 9.17) is 4.74 Å². The molecule has 112 valence electrons. The average Bonchev–Trinajstić information content (AvgIpc) is 2.45. The quantitative estimate of drug-likeness (QED) is 0.764. The number of benzene rings is 1. The van der Waals surface area contributed by atoms with Gasteiger partial charge < -0.3 is 10.1 Å². The minimum Gasteiger partial charge on any atom is -0.490 e. The Bertz CT molecular complexity index is 427. The van der Waals surface area contributed by atoms with Crippen LogP contribution in [0, 0.1) is 5.82 Å². The summed E-state index contributed by atoms with van der Waals surface area (Å²) in [4.78, 5) is 0. The van der Waals surface area contributed by atoms with Crippen LogP contribution in [-0.2, 0) is 0 Å². The second kappa shape index (κ2) is 7.89. The van der Waals surface area contributed by atoms with Gasteiger partial charge in [0.2, 0.25) is 0 Å². The molecule has 0 aliphatic carbocycles. The van der Waals surface area contributed by atoms with Gasteiger partial charge in [-0.15, -0.1) is 0 Å². The van der Waals surface area contributed by atoms with Crippen LogP contribution in [0.5, 0.6) is 5.75 Å². The Hall–Kier alpha value is -0.740. The lowest BCUT2D eigenvalue weighted by Gasteiger charge is -2.33. The summed E-state index contributed by atoms with van der Waals surface area (Å²) in [6.07, 6.45) is 6.63. The summed E-state index contributed by atoms with van der Waals surface area (Å²) in [7, 11) is 0. The van der Waals surface area contributed by atoms with Crippen molar-refractivity contribution in [3.8, 4) is 5.75 Å². The van der Waals surface area contributed by atoms with Crippen LogP contribution < -0.4 is 10.1 Å². The predicted octanol–water partition coefficient (Wildman–Crippen LogP) is 4.16. The maximum Gasteiger partial charge on any atom is 0.124 e. The highest BCUT2D eigenvalue weighted by Crippen LogP contribution is 2.36. The minimum absolute atomic E-state index is 0.184. The van der Waals surface area contributed by atoms with E-state index in [-0.39, 0.29) is 18.0 Å². The van der Waals surface area contributed by atoms with Crippen LogP contribution in [0.25, 0.3) is 0 Å². The van der Waals surface area contributed by atoms with Gasteiger partial charge in [-0.1, -0.05) is 6.92 Å². The number of thioether (sulfide) groups is 1. The first kappa shape index (κ1) is 15.6. The van der Waals surface area contributed by atoms with Gasteiger partial charge in [0.15, 0.2) is 0 Å². The average molecular weight is 297 g/mol. The van der Waals surface area contributed by atoms with Crippen molar-refractivity contribution in [1.29, 1.82) is 0 Å². The molecule has 0 saturated carbocycles. The zero-order valence-electron chi connectivity index (χ0n) is 12.3. The van der Waals surface area contributed by atoms with Gasteiger partial charge in [0.1, 0.15) is 17.7 Å². The third kappa shape index (κ3) is 4.13. The SMILES string of the molecule is CCCNC1CC(CCCSC)Oc2ccc(F)cc21. The van der Waals surface area contributed by atoms with E-state index in [0.29, 0.717) is 0 Å². The number of halogens is 1. The highest BCUT2D eigenvalue weighted by atomic mass is 32.2. The summed E-state index contributed by atoms with van der Waals surface area (Å²) in [5, 5.41) is 3.52. The number of ether oxygens (including phenoxy) is 1. The van der Waals surface area contributed by atoms with Crippen molar-refractivity contribution in [3.05, 3.63) is 29.6 Å². The molecule has 0 spiro atoms. The van der Waals surface area contributed by atoms with Gasteiger partial charge in [-0.3, -0.25) is 0 Å². The zero-order valence-corrected chi connectivity index (χ0v) is 13.1. The van der Waals surface area contributed by atoms with Crippen LogP contribution in [0.3, 0.4) is 0 Å². The normalized spacial score (nSPS) is 21.4. The smallest absolute Gasteiger partial charge is 0.124 e. The second-order valence-corrected chi connectivity index (χ2v) is 6.29. The highest BCUT2D eigenvalue weighted by Gasteiger charge is 2.27. The molecule has 2 nitrogen and oxygen atoms in total. The molecule has 2 unspecified atom stereocenters. The van der Waals surface area contributed by atoms with E-state index in [9.17, 15) is 4.39 Å². The third-order valence-electron chi connectivity index (χ3n) is 3.65. The number of nitrogens with one attached hydrogen (secondary N) is 1. The molecule has 0 amide bonds. The van der Waals surface area contributed by atoms with Crippen LogP contribution in [0.4, 0.5) is 4.39 Å². The maximum atomic E-state index is 13.4. The van der Waals surface area contributed by atoms with Gasteiger partial charge in [-0.25, -0.2) is 4.39 Å². The molecule has 1 aliphatic heterocycles. The van der Waals surface area contributed by atoms with Gasteiger partial charge >= 0.3 is 0 Å². The van der Waals surface area contributed by atoms with Crippen molar-refractivity contribution in [1.82, 2.24) is 5.32 Å². The summed E-state index contributed by atoms with van der Waals surface area (Å²) >= 11 is 1.87. The monoisotopic (exact) mass is 297 g/mol. The highest BCUT2D eigenvalue weighted by molar-refractivity contribution is 7.98. The van der Waals surface area contributed by atoms with Crippen LogP contribution in [0.2, 0.25) is 0 Å². The fourth-order valence-electron chi connectivity index (χ4n) is 2.66. The fourth-order valence-corrected chi connectivity index (χ4v) is 3.12. The van der Waals surface area contributed by atoms with E-state index in [1.54, 1.807) is 12.1 Å². The molecule has 0 fully saturated rings. The summed E-state index contributed by atoms with van der Waals surface area (Å²) < 4.78 is 19.5. The Labute approximate surface area is 125 Å². The molecular weight excluding hydrogens is 273 g/mol. The van der Waals surface area contributed by atoms with Crippen LogP contribution in [-0.4, -0.2) is 24.7 Å². The molecular formula is C16H24FNOS. The molecule has 2 rings (SSSR count). The summed E-state index contributed by atoms with van der Waals surface area (Å²) in [5.41, 5.74) is 0.972. The van der Waals surface area contributed by atoms with Crippen LogP contribution >= 0.6 is 11.8 Å². The number of fused-ring (bicyclic) bond motifs is 1. The minimum atomic E-state index is -0.184. The van der Waals surface area contributed by atoms with E-state index >= 15 is 0 Å². The summed E-state index contributed by atoms with van der Waals surface area (Å²) in [6.45, 7) is 3.10. The summed E-state index contributed by atoms with van der Waals surface area (Å²) in [5.74, 6) is 1.83. The van der Waals surface area contributed by atoms with Crippen molar-refractivity contribution >= 4 is 11.8 Å². The molecule has 1 aliphatic rings. The number of hydrogen-bond donors (Lipinski definition) is 1. The molecule has 0 bridgehead atoms. The van der Waals surface area contributed by atoms with E-state index in [0.717, 1.165) is 37.1 Å². The predicted molar refractivity (Wildman–Crippen MR) is 84.1 cm³/mol. The molecule has 1 heterocycles. The molecule has 20 heavy (non-hydrogen) atoms. The Balaban J connectivity index is 2.07. The zero-order chi connectivity index (χ0) is 14.4. The standard InChI is InChI=1S/C16H24FNOS/c1-3-8-18-15-11-13(5-4-9-20-2)19-16-7-6-12(17)10-14(15)16/h6-7,10,13,15,18H,3-5,8-9,11H2,1-2H3. The molecule has 4 heteroatoms. The first-order valence-electron chi connectivity index (χ1n) is 7.43. The topological polar surface area (TPSA) is 21.3 Å². The fraction of sp³-hybridized carbons (Fsp3) is 0.625. The van der Waals surface area contributed by atoms with E-state index in [1.807, 2.05) is 11.8 Å². The lowest BCUT2D eigenvalue weighted by molar-refractivity contribution is 0.140. The van der Waals surface area contributed by atoms with Gasteiger partial charge in [-0.05, 0) is 56.0 Å². The largest absolute Gasteiger partial charge is 0.490 e. The van der Waals surface area contributed by atoms with Crippen molar-refractivity contribution in [2.75, 3.05) is 18.6 Å². The summed E-state index contributed by atoms with van der Waals surface area (Å²) in [6, 6.07) is 5.08. The second-order valence-electron chi connectivity index (χ2n) is 5.30. The van der Waals surface area contributed by atoms with Crippen LogP contribution in [0.15, 0.2) is 18.2 Å². The van der Waals surface area contributed by atoms with Crippen molar-refractivity contribution in [2.24, 2.45) is 0 Å². The first-order valence-corrected chi connectivity index (χ1v) is 8.82. The van der Waals surface area contributed by atoms with E-state index in [1.165, 1.54) is 18.2 Å². The molecule has 1 aromatic carbocycles. The lowest BCUT2D eigenvalue weighted by Crippen LogP contribution is -2.33. The molecule has 0 aromatic heterocycles. The third-order valence-corrected chi connectivity index (χ3v) is 4.35. The van der Waals surface area contributed by atoms with E-state index in [2.05, 4.69) is 18.5 Å². The van der Waals surface area contributed by atoms with Gasteiger partial charge in [0.05, 0.1) is 0 Å². The Morgan fingerprint density at radius 1 is 1.45 bits per heavy atom. The van der Waals surface area contributed by atoms with Gasteiger partial charge in [0, 0.05) is 18.0 Å². The van der Waals surface area contributed by atoms with Crippen molar-refractivity contribution in [3.63, 3.8) is 0 Å². The molecule has 2 atom stereocenters. The first-order chi connectivity index (χ1) is 9.74. The Kier molecular flexibility index (Phi) is 6.17. The number of rotatable bonds is 7. The molecule has 0 saturated heterocycles. The maximum absolute atomic E-state index is 13.4. The Morgan fingerprint density at radius 2 is 2.30 bits per heavy atom. The van der Waals surface area contributed by atoms with Gasteiger partial charge in [0.25, 0.3) is 0 Å². The number of hydrogen-bond acceptors (Lipinski definition) is 3. The molecule has 0 radical (unpaired) electrons.